The number of anilines is 1. The Labute approximate surface area is 172 Å². The Balaban J connectivity index is 1.68. The highest BCUT2D eigenvalue weighted by Crippen LogP contribution is 2.33. The van der Waals surface area contributed by atoms with Crippen LogP contribution in [0.1, 0.15) is 10.4 Å². The second kappa shape index (κ2) is 7.06. The molecule has 0 atom stereocenters. The van der Waals surface area contributed by atoms with E-state index in [4.69, 9.17) is 5.41 Å². The van der Waals surface area contributed by atoms with Gasteiger partial charge in [-0.25, -0.2) is 0 Å². The monoisotopic (exact) mass is 459 g/mol. The van der Waals surface area contributed by atoms with Crippen molar-refractivity contribution in [3.63, 3.8) is 0 Å². The predicted molar refractivity (Wildman–Crippen MR) is 117 cm³/mol. The number of halogens is 1. The van der Waals surface area contributed by atoms with Crippen molar-refractivity contribution in [3.05, 3.63) is 56.2 Å². The van der Waals surface area contributed by atoms with Gasteiger partial charge < -0.3 is 4.90 Å². The van der Waals surface area contributed by atoms with E-state index in [0.29, 0.717) is 5.17 Å². The van der Waals surface area contributed by atoms with Crippen LogP contribution in [0.4, 0.5) is 5.69 Å². The maximum absolute atomic E-state index is 12.5. The molecule has 0 saturated heterocycles. The molecule has 2 aliphatic rings. The number of hydrazone groups is 1. The minimum absolute atomic E-state index is 0.0388. The average molecular weight is 460 g/mol. The normalized spacial score (nSPS) is 17.9. The second-order valence-electron chi connectivity index (χ2n) is 6.01. The van der Waals surface area contributed by atoms with Crippen molar-refractivity contribution in [2.75, 3.05) is 19.0 Å². The largest absolute Gasteiger partial charge is 0.377 e. The SMILES string of the molecule is CN(C)c1ccc(/C=C2/C(=N)N3N=C(c4cccs4)SC3=NC2=O)cc1Br. The molecule has 3 heterocycles. The number of thioether (sulfide) groups is 1. The van der Waals surface area contributed by atoms with E-state index in [-0.39, 0.29) is 11.4 Å². The summed E-state index contributed by atoms with van der Waals surface area (Å²) in [6.07, 6.45) is 1.68. The van der Waals surface area contributed by atoms with Crippen molar-refractivity contribution >= 4 is 72.7 Å². The van der Waals surface area contributed by atoms with Gasteiger partial charge in [-0.15, -0.1) is 11.3 Å². The van der Waals surface area contributed by atoms with Gasteiger partial charge in [-0.3, -0.25) is 10.2 Å². The van der Waals surface area contributed by atoms with Gasteiger partial charge in [0.25, 0.3) is 5.91 Å². The van der Waals surface area contributed by atoms with Gasteiger partial charge in [0.2, 0.25) is 5.17 Å². The van der Waals surface area contributed by atoms with Crippen molar-refractivity contribution in [3.8, 4) is 0 Å². The summed E-state index contributed by atoms with van der Waals surface area (Å²) in [5, 5.41) is 17.5. The van der Waals surface area contributed by atoms with E-state index in [0.717, 1.165) is 25.6 Å². The lowest BCUT2D eigenvalue weighted by molar-refractivity contribution is -0.114. The van der Waals surface area contributed by atoms with Gasteiger partial charge in [0.15, 0.2) is 5.84 Å². The molecule has 0 unspecified atom stereocenters. The Morgan fingerprint density at radius 1 is 1.30 bits per heavy atom. The molecule has 0 radical (unpaired) electrons. The lowest BCUT2D eigenvalue weighted by Crippen LogP contribution is -2.35. The van der Waals surface area contributed by atoms with Gasteiger partial charge in [-0.05, 0) is 62.9 Å². The Bertz CT molecular complexity index is 1040. The maximum atomic E-state index is 12.5. The zero-order valence-electron chi connectivity index (χ0n) is 14.4. The van der Waals surface area contributed by atoms with Crippen LogP contribution in [0.2, 0.25) is 0 Å². The first-order chi connectivity index (χ1) is 12.9. The Kier molecular flexibility index (Phi) is 4.75. The summed E-state index contributed by atoms with van der Waals surface area (Å²) in [6.45, 7) is 0. The van der Waals surface area contributed by atoms with E-state index in [1.54, 1.807) is 17.4 Å². The number of thiophene rings is 1. The minimum atomic E-state index is -0.422. The standard InChI is InChI=1S/C18H14BrN5OS2/c1-23(2)13-6-5-10(9-12(13)19)8-11-15(20)24-18(21-16(11)25)27-17(22-24)14-4-3-7-26-14/h3-9,20H,1-2H3/b11-8-,20-15?. The van der Waals surface area contributed by atoms with Crippen LogP contribution in [0, 0.1) is 5.41 Å². The van der Waals surface area contributed by atoms with E-state index in [9.17, 15) is 4.79 Å². The fraction of sp³-hybridized carbons (Fsp3) is 0.111. The van der Waals surface area contributed by atoms with Crippen LogP contribution in [0.15, 0.2) is 55.9 Å². The fourth-order valence-corrected chi connectivity index (χ4v) is 5.07. The van der Waals surface area contributed by atoms with E-state index in [1.165, 1.54) is 16.8 Å². The summed E-state index contributed by atoms with van der Waals surface area (Å²) in [7, 11) is 3.92. The number of amidine groups is 2. The number of amides is 1. The van der Waals surface area contributed by atoms with Crippen molar-refractivity contribution < 1.29 is 4.79 Å². The lowest BCUT2D eigenvalue weighted by Gasteiger charge is -2.20. The lowest BCUT2D eigenvalue weighted by atomic mass is 10.1. The van der Waals surface area contributed by atoms with E-state index in [1.807, 2.05) is 54.7 Å². The van der Waals surface area contributed by atoms with Crippen molar-refractivity contribution in [1.29, 1.82) is 5.41 Å². The molecule has 1 aromatic carbocycles. The number of fused-ring (bicyclic) bond motifs is 1. The second-order valence-corrected chi connectivity index (χ2v) is 8.77. The third-order valence-electron chi connectivity index (χ3n) is 3.95. The van der Waals surface area contributed by atoms with E-state index < -0.39 is 5.91 Å². The Morgan fingerprint density at radius 2 is 2.11 bits per heavy atom. The summed E-state index contributed by atoms with van der Waals surface area (Å²) >= 11 is 6.42. The quantitative estimate of drug-likeness (QED) is 0.696. The van der Waals surface area contributed by atoms with Crippen LogP contribution in [0.5, 0.6) is 0 Å². The predicted octanol–water partition coefficient (Wildman–Crippen LogP) is 4.24. The van der Waals surface area contributed by atoms with Crippen LogP contribution in [0.25, 0.3) is 6.08 Å². The first-order valence-corrected chi connectivity index (χ1v) is 10.4. The molecule has 0 fully saturated rings. The summed E-state index contributed by atoms with van der Waals surface area (Å²) < 4.78 is 0.913. The zero-order valence-corrected chi connectivity index (χ0v) is 17.7. The van der Waals surface area contributed by atoms with Gasteiger partial charge >= 0.3 is 0 Å². The average Bonchev–Trinajstić information content (AvgIpc) is 3.27. The molecule has 0 spiro atoms. The molecule has 0 bridgehead atoms. The number of carbonyl (C=O) groups excluding carboxylic acids is 1. The molecule has 2 aliphatic heterocycles. The molecular weight excluding hydrogens is 446 g/mol. The molecule has 136 valence electrons. The number of aliphatic imine (C=N–C) groups is 1. The molecule has 6 nitrogen and oxygen atoms in total. The summed E-state index contributed by atoms with van der Waals surface area (Å²) in [5.41, 5.74) is 2.07. The van der Waals surface area contributed by atoms with Crippen LogP contribution >= 0.6 is 39.0 Å². The molecule has 0 saturated carbocycles. The first kappa shape index (κ1) is 18.1. The molecule has 2 aromatic rings. The third-order valence-corrected chi connectivity index (χ3v) is 6.53. The fourth-order valence-electron chi connectivity index (χ4n) is 2.63. The van der Waals surface area contributed by atoms with Gasteiger partial charge in [0, 0.05) is 18.6 Å². The number of hydrogen-bond donors (Lipinski definition) is 1. The highest BCUT2D eigenvalue weighted by molar-refractivity contribution is 9.10. The Hall–Kier alpha value is -2.23. The molecule has 1 N–H and O–H groups in total. The molecule has 0 aliphatic carbocycles. The van der Waals surface area contributed by atoms with Crippen LogP contribution in [-0.4, -0.2) is 41.1 Å². The highest BCUT2D eigenvalue weighted by Gasteiger charge is 2.36. The van der Waals surface area contributed by atoms with Gasteiger partial charge in [0.05, 0.1) is 16.1 Å². The molecule has 4 rings (SSSR count). The van der Waals surface area contributed by atoms with Gasteiger partial charge in [-0.1, -0.05) is 12.1 Å². The maximum Gasteiger partial charge on any atom is 0.283 e. The number of carbonyl (C=O) groups is 1. The Morgan fingerprint density at radius 3 is 2.78 bits per heavy atom. The van der Waals surface area contributed by atoms with Crippen LogP contribution in [0.3, 0.4) is 0 Å². The molecular formula is C18H14BrN5OS2. The van der Waals surface area contributed by atoms with Gasteiger partial charge in [-0.2, -0.15) is 15.1 Å². The van der Waals surface area contributed by atoms with Gasteiger partial charge in [0.1, 0.15) is 5.04 Å². The summed E-state index contributed by atoms with van der Waals surface area (Å²) in [4.78, 5) is 19.6. The number of benzene rings is 1. The van der Waals surface area contributed by atoms with Crippen molar-refractivity contribution in [2.24, 2.45) is 10.1 Å². The molecule has 1 aromatic heterocycles. The number of nitrogens with zero attached hydrogens (tertiary/aromatic N) is 4. The zero-order chi connectivity index (χ0) is 19.1. The molecule has 27 heavy (non-hydrogen) atoms. The van der Waals surface area contributed by atoms with Crippen LogP contribution in [-0.2, 0) is 4.79 Å². The molecule has 9 heteroatoms. The highest BCUT2D eigenvalue weighted by atomic mass is 79.9. The number of rotatable bonds is 3. The van der Waals surface area contributed by atoms with E-state index in [2.05, 4.69) is 26.0 Å². The topological polar surface area (TPSA) is 72.1 Å². The number of nitrogens with one attached hydrogen (secondary N) is 1. The number of hydrogen-bond acceptors (Lipinski definition) is 6. The summed E-state index contributed by atoms with van der Waals surface area (Å²) in [6, 6.07) is 9.69. The van der Waals surface area contributed by atoms with Crippen molar-refractivity contribution in [1.82, 2.24) is 5.01 Å². The first-order valence-electron chi connectivity index (χ1n) is 7.95. The summed E-state index contributed by atoms with van der Waals surface area (Å²) in [5.74, 6) is -0.383. The van der Waals surface area contributed by atoms with Crippen LogP contribution < -0.4 is 4.90 Å². The third kappa shape index (κ3) is 3.38. The van der Waals surface area contributed by atoms with E-state index >= 15 is 0 Å². The smallest absolute Gasteiger partial charge is 0.283 e. The minimum Gasteiger partial charge on any atom is -0.377 e. The van der Waals surface area contributed by atoms with Crippen molar-refractivity contribution in [2.45, 2.75) is 0 Å². The molecule has 1 amide bonds.